The minimum absolute atomic E-state index is 0.0116. The molecule has 128 valence electrons. The predicted octanol–water partition coefficient (Wildman–Crippen LogP) is 4.57. The third-order valence-corrected chi connectivity index (χ3v) is 6.12. The number of aromatic nitrogens is 1. The van der Waals surface area contributed by atoms with Crippen LogP contribution >= 0.6 is 34.5 Å². The van der Waals surface area contributed by atoms with Gasteiger partial charge in [-0.1, -0.05) is 46.7 Å². The Morgan fingerprint density at radius 3 is 2.48 bits per heavy atom. The van der Waals surface area contributed by atoms with Crippen molar-refractivity contribution in [1.29, 1.82) is 0 Å². The van der Waals surface area contributed by atoms with Crippen LogP contribution in [-0.2, 0) is 0 Å². The summed E-state index contributed by atoms with van der Waals surface area (Å²) < 4.78 is 1.19. The zero-order chi connectivity index (χ0) is 17.4. The molecule has 0 aliphatic carbocycles. The van der Waals surface area contributed by atoms with Crippen molar-refractivity contribution < 1.29 is 4.79 Å². The molecule has 0 spiro atoms. The molecule has 2 heterocycles. The number of halogens is 2. The Kier molecular flexibility index (Phi) is 4.54. The lowest BCUT2D eigenvalue weighted by molar-refractivity contribution is 0.0747. The van der Waals surface area contributed by atoms with E-state index in [0.717, 1.165) is 23.7 Å². The van der Waals surface area contributed by atoms with Gasteiger partial charge in [-0.2, -0.15) is 0 Å². The van der Waals surface area contributed by atoms with Crippen LogP contribution in [0.1, 0.15) is 10.4 Å². The van der Waals surface area contributed by atoms with Crippen LogP contribution in [0.4, 0.5) is 5.13 Å². The molecule has 0 unspecified atom stereocenters. The molecule has 0 atom stereocenters. The van der Waals surface area contributed by atoms with Crippen molar-refractivity contribution in [2.75, 3.05) is 31.1 Å². The topological polar surface area (TPSA) is 36.4 Å². The Morgan fingerprint density at radius 2 is 1.76 bits per heavy atom. The van der Waals surface area contributed by atoms with E-state index >= 15 is 0 Å². The highest BCUT2D eigenvalue weighted by Gasteiger charge is 2.24. The summed E-state index contributed by atoms with van der Waals surface area (Å²) in [6.45, 7) is 2.86. The van der Waals surface area contributed by atoms with E-state index < -0.39 is 0 Å². The van der Waals surface area contributed by atoms with E-state index in [2.05, 4.69) is 11.0 Å². The van der Waals surface area contributed by atoms with Gasteiger partial charge in [0.2, 0.25) is 0 Å². The van der Waals surface area contributed by atoms with E-state index in [9.17, 15) is 4.79 Å². The third kappa shape index (κ3) is 3.32. The van der Waals surface area contributed by atoms with Gasteiger partial charge in [-0.3, -0.25) is 4.79 Å². The first-order chi connectivity index (χ1) is 12.1. The number of nitrogens with zero attached hydrogens (tertiary/aromatic N) is 3. The van der Waals surface area contributed by atoms with Crippen molar-refractivity contribution in [2.45, 2.75) is 0 Å². The number of carbonyl (C=O) groups is 1. The molecule has 2 aromatic carbocycles. The van der Waals surface area contributed by atoms with Gasteiger partial charge < -0.3 is 9.80 Å². The summed E-state index contributed by atoms with van der Waals surface area (Å²) in [5.74, 6) is -0.0116. The Hall–Kier alpha value is -1.82. The molecule has 0 bridgehead atoms. The molecule has 0 saturated carbocycles. The highest BCUT2D eigenvalue weighted by Crippen LogP contribution is 2.29. The number of hydrogen-bond donors (Lipinski definition) is 0. The molecule has 1 saturated heterocycles. The van der Waals surface area contributed by atoms with Gasteiger partial charge in [0.1, 0.15) is 0 Å². The largest absolute Gasteiger partial charge is 0.345 e. The number of piperazine rings is 1. The molecule has 1 amide bonds. The zero-order valence-corrected chi connectivity index (χ0v) is 15.6. The van der Waals surface area contributed by atoms with Gasteiger partial charge in [0.25, 0.3) is 5.91 Å². The Balaban J connectivity index is 1.45. The maximum atomic E-state index is 12.6. The first-order valence-corrected chi connectivity index (χ1v) is 9.54. The third-order valence-electron chi connectivity index (χ3n) is 4.29. The number of fused-ring (bicyclic) bond motifs is 1. The van der Waals surface area contributed by atoms with Crippen LogP contribution in [0.3, 0.4) is 0 Å². The fraction of sp³-hybridized carbons (Fsp3) is 0.222. The molecule has 3 aromatic rings. The highest BCUT2D eigenvalue weighted by molar-refractivity contribution is 7.22. The highest BCUT2D eigenvalue weighted by atomic mass is 35.5. The van der Waals surface area contributed by atoms with E-state index in [1.807, 2.05) is 23.1 Å². The van der Waals surface area contributed by atoms with Crippen molar-refractivity contribution in [3.63, 3.8) is 0 Å². The molecule has 4 nitrogen and oxygen atoms in total. The molecule has 7 heteroatoms. The Morgan fingerprint density at radius 1 is 1.00 bits per heavy atom. The van der Waals surface area contributed by atoms with Gasteiger partial charge in [-0.05, 0) is 30.3 Å². The summed E-state index contributed by atoms with van der Waals surface area (Å²) in [6.07, 6.45) is 0. The van der Waals surface area contributed by atoms with Crippen molar-refractivity contribution >= 4 is 55.8 Å². The molecule has 4 rings (SSSR count). The fourth-order valence-corrected chi connectivity index (χ4v) is 4.22. The number of benzene rings is 2. The summed E-state index contributed by atoms with van der Waals surface area (Å²) in [4.78, 5) is 21.4. The van der Waals surface area contributed by atoms with E-state index in [4.69, 9.17) is 28.2 Å². The molecule has 1 fully saturated rings. The van der Waals surface area contributed by atoms with Gasteiger partial charge in [-0.15, -0.1) is 0 Å². The Labute approximate surface area is 159 Å². The van der Waals surface area contributed by atoms with Crippen LogP contribution < -0.4 is 4.90 Å². The van der Waals surface area contributed by atoms with E-state index in [0.29, 0.717) is 28.7 Å². The van der Waals surface area contributed by atoms with Crippen LogP contribution in [0.2, 0.25) is 10.0 Å². The minimum Gasteiger partial charge on any atom is -0.345 e. The first kappa shape index (κ1) is 16.6. The number of para-hydroxylation sites is 1. The predicted molar refractivity (Wildman–Crippen MR) is 104 cm³/mol. The maximum Gasteiger partial charge on any atom is 0.254 e. The van der Waals surface area contributed by atoms with Crippen LogP contribution in [0.25, 0.3) is 10.2 Å². The number of anilines is 1. The van der Waals surface area contributed by atoms with Crippen LogP contribution in [0.15, 0.2) is 42.5 Å². The number of hydrogen-bond acceptors (Lipinski definition) is 4. The quantitative estimate of drug-likeness (QED) is 0.641. The van der Waals surface area contributed by atoms with Gasteiger partial charge >= 0.3 is 0 Å². The van der Waals surface area contributed by atoms with Crippen LogP contribution in [0, 0.1) is 0 Å². The molecule has 25 heavy (non-hydrogen) atoms. The van der Waals surface area contributed by atoms with E-state index in [-0.39, 0.29) is 5.91 Å². The molecular weight excluding hydrogens is 377 g/mol. The average molecular weight is 392 g/mol. The second-order valence-electron chi connectivity index (χ2n) is 5.87. The minimum atomic E-state index is -0.0116. The lowest BCUT2D eigenvalue weighted by Gasteiger charge is -2.34. The van der Waals surface area contributed by atoms with Gasteiger partial charge in [0.15, 0.2) is 5.13 Å². The van der Waals surface area contributed by atoms with E-state index in [1.54, 1.807) is 29.5 Å². The number of rotatable bonds is 2. The number of amides is 1. The number of thiazole rings is 1. The molecule has 1 aliphatic heterocycles. The second-order valence-corrected chi connectivity index (χ2v) is 7.70. The van der Waals surface area contributed by atoms with Gasteiger partial charge in [0.05, 0.1) is 20.3 Å². The summed E-state index contributed by atoms with van der Waals surface area (Å²) in [5, 5.41) is 1.88. The molecule has 1 aliphatic rings. The zero-order valence-electron chi connectivity index (χ0n) is 13.3. The Bertz CT molecular complexity index is 902. The number of carbonyl (C=O) groups excluding carboxylic acids is 1. The van der Waals surface area contributed by atoms with Crippen molar-refractivity contribution in [3.8, 4) is 0 Å². The molecule has 0 radical (unpaired) electrons. The normalized spacial score (nSPS) is 15.0. The van der Waals surface area contributed by atoms with E-state index in [1.165, 1.54) is 4.70 Å². The van der Waals surface area contributed by atoms with Crippen molar-refractivity contribution in [3.05, 3.63) is 58.1 Å². The monoisotopic (exact) mass is 391 g/mol. The van der Waals surface area contributed by atoms with Gasteiger partial charge in [0, 0.05) is 31.7 Å². The average Bonchev–Trinajstić information content (AvgIpc) is 3.08. The second kappa shape index (κ2) is 6.83. The lowest BCUT2D eigenvalue weighted by Crippen LogP contribution is -2.48. The van der Waals surface area contributed by atoms with Crippen LogP contribution in [0.5, 0.6) is 0 Å². The summed E-state index contributed by atoms with van der Waals surface area (Å²) in [6, 6.07) is 13.1. The van der Waals surface area contributed by atoms with Crippen LogP contribution in [-0.4, -0.2) is 42.0 Å². The smallest absolute Gasteiger partial charge is 0.254 e. The fourth-order valence-electron chi connectivity index (χ4n) is 2.91. The van der Waals surface area contributed by atoms with Crippen molar-refractivity contribution in [1.82, 2.24) is 9.88 Å². The molecule has 1 aromatic heterocycles. The lowest BCUT2D eigenvalue weighted by atomic mass is 10.2. The standard InChI is InChI=1S/C18H15Cl2N3OS/c19-13-6-5-12(11-14(13)20)17(24)22-7-9-23(10-8-22)18-21-15-3-1-2-4-16(15)25-18/h1-6,11H,7-10H2. The molecule has 0 N–H and O–H groups in total. The summed E-state index contributed by atoms with van der Waals surface area (Å²) >= 11 is 13.6. The van der Waals surface area contributed by atoms with Crippen molar-refractivity contribution in [2.24, 2.45) is 0 Å². The summed E-state index contributed by atoms with van der Waals surface area (Å²) in [7, 11) is 0. The maximum absolute atomic E-state index is 12.6. The summed E-state index contributed by atoms with van der Waals surface area (Å²) in [5.41, 5.74) is 1.60. The molecular formula is C18H15Cl2N3OS. The first-order valence-electron chi connectivity index (χ1n) is 7.97. The SMILES string of the molecule is O=C(c1ccc(Cl)c(Cl)c1)N1CCN(c2nc3ccccc3s2)CC1. The van der Waals surface area contributed by atoms with Gasteiger partial charge in [-0.25, -0.2) is 4.98 Å².